The van der Waals surface area contributed by atoms with Gasteiger partial charge in [0, 0.05) is 32.0 Å². The number of methoxy groups -OCH3 is 1. The van der Waals surface area contributed by atoms with Crippen molar-refractivity contribution in [3.05, 3.63) is 47.7 Å². The van der Waals surface area contributed by atoms with Crippen LogP contribution in [0.25, 0.3) is 0 Å². The number of nitrogens with zero attached hydrogens (tertiary/aromatic N) is 1. The zero-order valence-electron chi connectivity index (χ0n) is 17.7. The van der Waals surface area contributed by atoms with Gasteiger partial charge in [-0.2, -0.15) is 8.42 Å². The number of nitrogens with one attached hydrogen (secondary N) is 2. The van der Waals surface area contributed by atoms with Crippen LogP contribution in [0.4, 0.5) is 0 Å². The van der Waals surface area contributed by atoms with Crippen LogP contribution in [0.3, 0.4) is 0 Å². The Balaban J connectivity index is 1.56. The summed E-state index contributed by atoms with van der Waals surface area (Å²) in [6, 6.07) is 8.53. The molecule has 1 aromatic carbocycles. The van der Waals surface area contributed by atoms with E-state index in [0.717, 1.165) is 38.2 Å². The van der Waals surface area contributed by atoms with E-state index in [-0.39, 0.29) is 11.4 Å². The van der Waals surface area contributed by atoms with Crippen LogP contribution in [0, 0.1) is 5.92 Å². The van der Waals surface area contributed by atoms with Crippen LogP contribution in [-0.2, 0) is 21.4 Å². The molecule has 174 valence electrons. The summed E-state index contributed by atoms with van der Waals surface area (Å²) in [4.78, 5) is 16.0. The van der Waals surface area contributed by atoms with Gasteiger partial charge in [-0.3, -0.25) is 9.35 Å². The number of hydrogen-bond donors (Lipinski definition) is 3. The molecule has 0 radical (unpaired) electrons. The Kier molecular flexibility index (Phi) is 8.39. The molecule has 0 unspecified atom stereocenters. The predicted octanol–water partition coefficient (Wildman–Crippen LogP) is 1.97. The molecular weight excluding hydrogens is 438 g/mol. The van der Waals surface area contributed by atoms with Crippen molar-refractivity contribution in [2.75, 3.05) is 32.7 Å². The average molecular weight is 466 g/mol. The van der Waals surface area contributed by atoms with Crippen molar-refractivity contribution in [1.82, 2.24) is 15.6 Å². The second kappa shape index (κ2) is 11.2. The van der Waals surface area contributed by atoms with Gasteiger partial charge in [0.15, 0.2) is 11.5 Å². The fourth-order valence-electron chi connectivity index (χ4n) is 3.22. The molecule has 0 bridgehead atoms. The maximum atomic E-state index is 11.9. The van der Waals surface area contributed by atoms with Crippen LogP contribution in [0.2, 0.25) is 0 Å². The molecule has 1 amide bonds. The Bertz CT molecular complexity index is 1010. The Morgan fingerprint density at radius 2 is 2.00 bits per heavy atom. The summed E-state index contributed by atoms with van der Waals surface area (Å²) in [5.74, 6) is 0.329. The Labute approximate surface area is 187 Å². The number of pyridine rings is 1. The quantitative estimate of drug-likeness (QED) is 0.450. The highest BCUT2D eigenvalue weighted by Crippen LogP contribution is 2.31. The molecule has 0 atom stereocenters. The van der Waals surface area contributed by atoms with E-state index in [1.165, 1.54) is 18.3 Å². The van der Waals surface area contributed by atoms with E-state index in [2.05, 4.69) is 15.6 Å². The molecule has 2 heterocycles. The molecule has 3 rings (SSSR count). The van der Waals surface area contributed by atoms with Crippen molar-refractivity contribution in [2.45, 2.75) is 19.4 Å². The third-order valence-corrected chi connectivity index (χ3v) is 5.47. The zero-order valence-corrected chi connectivity index (χ0v) is 18.6. The first-order valence-electron chi connectivity index (χ1n) is 10.2. The molecule has 0 saturated carbocycles. The first-order valence-corrected chi connectivity index (χ1v) is 11.8. The van der Waals surface area contributed by atoms with Crippen molar-refractivity contribution in [2.24, 2.45) is 5.92 Å². The predicted molar refractivity (Wildman–Crippen MR) is 116 cm³/mol. The average Bonchev–Trinajstić information content (AvgIpc) is 2.79. The number of ether oxygens (including phenoxy) is 3. The lowest BCUT2D eigenvalue weighted by Gasteiger charge is -2.22. The monoisotopic (exact) mass is 465 g/mol. The molecular formula is C21H27N3O7S. The van der Waals surface area contributed by atoms with Crippen molar-refractivity contribution in [3.8, 4) is 17.4 Å². The summed E-state index contributed by atoms with van der Waals surface area (Å²) in [6.07, 6.45) is 3.41. The standard InChI is InChI=1S/C21H27N3O7S/c1-29-19-10-16(12-22-11-15-6-8-30-9-7-15)2-4-18(19)31-20-5-3-17(13-23-20)21(25)24-14-32(26,27)28/h2-5,10,13,15,22H,6-9,11-12,14H2,1H3,(H,24,25)(H,26,27,28). The summed E-state index contributed by atoms with van der Waals surface area (Å²) in [6.45, 7) is 3.31. The summed E-state index contributed by atoms with van der Waals surface area (Å²) in [7, 11) is -2.75. The number of amides is 1. The SMILES string of the molecule is COc1cc(CNCC2CCOCC2)ccc1Oc1ccc(C(=O)NCS(=O)(=O)O)cn1. The van der Waals surface area contributed by atoms with Crippen LogP contribution in [0.1, 0.15) is 28.8 Å². The molecule has 2 aromatic rings. The molecule has 32 heavy (non-hydrogen) atoms. The number of benzene rings is 1. The summed E-state index contributed by atoms with van der Waals surface area (Å²) >= 11 is 0. The molecule has 1 saturated heterocycles. The first-order chi connectivity index (χ1) is 15.3. The van der Waals surface area contributed by atoms with Crippen LogP contribution in [0.5, 0.6) is 17.4 Å². The highest BCUT2D eigenvalue weighted by molar-refractivity contribution is 7.85. The molecule has 3 N–H and O–H groups in total. The highest BCUT2D eigenvalue weighted by Gasteiger charge is 2.14. The molecule has 1 aliphatic rings. The molecule has 1 aliphatic heterocycles. The maximum absolute atomic E-state index is 11.9. The molecule has 1 aromatic heterocycles. The molecule has 11 heteroatoms. The van der Waals surface area contributed by atoms with Crippen molar-refractivity contribution < 1.29 is 32.0 Å². The van der Waals surface area contributed by atoms with E-state index >= 15 is 0 Å². The highest BCUT2D eigenvalue weighted by atomic mass is 32.2. The van der Waals surface area contributed by atoms with Gasteiger partial charge >= 0.3 is 0 Å². The van der Waals surface area contributed by atoms with Gasteiger partial charge in [-0.25, -0.2) is 4.98 Å². The fourth-order valence-corrected chi connectivity index (χ4v) is 3.54. The Hall–Kier alpha value is -2.73. The number of hydrogen-bond acceptors (Lipinski definition) is 8. The minimum absolute atomic E-state index is 0.124. The van der Waals surface area contributed by atoms with Gasteiger partial charge in [0.05, 0.1) is 12.7 Å². The van der Waals surface area contributed by atoms with Crippen molar-refractivity contribution >= 4 is 16.0 Å². The van der Waals surface area contributed by atoms with Gasteiger partial charge in [-0.05, 0) is 49.1 Å². The smallest absolute Gasteiger partial charge is 0.283 e. The molecule has 10 nitrogen and oxygen atoms in total. The van der Waals surface area contributed by atoms with Crippen LogP contribution < -0.4 is 20.1 Å². The van der Waals surface area contributed by atoms with Crippen molar-refractivity contribution in [1.29, 1.82) is 0 Å². The Morgan fingerprint density at radius 1 is 1.22 bits per heavy atom. The van der Waals surface area contributed by atoms with Gasteiger partial charge in [-0.1, -0.05) is 6.07 Å². The minimum Gasteiger partial charge on any atom is -0.493 e. The number of carbonyl (C=O) groups is 1. The third kappa shape index (κ3) is 7.45. The minimum atomic E-state index is -4.30. The third-order valence-electron chi connectivity index (χ3n) is 4.96. The van der Waals surface area contributed by atoms with Gasteiger partial charge < -0.3 is 24.8 Å². The van der Waals surface area contributed by atoms with Crippen LogP contribution in [-0.4, -0.2) is 56.6 Å². The first kappa shape index (κ1) is 23.9. The van der Waals surface area contributed by atoms with Crippen molar-refractivity contribution in [3.63, 3.8) is 0 Å². The summed E-state index contributed by atoms with van der Waals surface area (Å²) < 4.78 is 46.7. The van der Waals surface area contributed by atoms with E-state index in [0.29, 0.717) is 24.0 Å². The van der Waals surface area contributed by atoms with Gasteiger partial charge in [0.1, 0.15) is 5.88 Å². The van der Waals surface area contributed by atoms with Gasteiger partial charge in [-0.15, -0.1) is 0 Å². The maximum Gasteiger partial charge on any atom is 0.283 e. The van der Waals surface area contributed by atoms with E-state index in [4.69, 9.17) is 18.8 Å². The number of rotatable bonds is 10. The normalized spacial score (nSPS) is 14.7. The summed E-state index contributed by atoms with van der Waals surface area (Å²) in [5, 5.41) is 5.55. The largest absolute Gasteiger partial charge is 0.493 e. The van der Waals surface area contributed by atoms with Crippen LogP contribution in [0.15, 0.2) is 36.5 Å². The molecule has 0 aliphatic carbocycles. The second-order valence-corrected chi connectivity index (χ2v) is 8.84. The van der Waals surface area contributed by atoms with E-state index in [1.807, 2.05) is 12.1 Å². The lowest BCUT2D eigenvalue weighted by molar-refractivity contribution is 0.0662. The van der Waals surface area contributed by atoms with Gasteiger partial charge in [0.25, 0.3) is 16.0 Å². The molecule has 0 spiro atoms. The summed E-state index contributed by atoms with van der Waals surface area (Å²) in [5.41, 5.74) is 1.18. The van der Waals surface area contributed by atoms with E-state index in [1.54, 1.807) is 13.2 Å². The lowest BCUT2D eigenvalue weighted by Crippen LogP contribution is -2.29. The topological polar surface area (TPSA) is 136 Å². The number of carbonyl (C=O) groups excluding carboxylic acids is 1. The lowest BCUT2D eigenvalue weighted by atomic mass is 10.0. The van der Waals surface area contributed by atoms with Gasteiger partial charge in [0.2, 0.25) is 5.88 Å². The Morgan fingerprint density at radius 3 is 2.66 bits per heavy atom. The van der Waals surface area contributed by atoms with E-state index < -0.39 is 21.9 Å². The number of aromatic nitrogens is 1. The second-order valence-electron chi connectivity index (χ2n) is 7.39. The fraction of sp³-hybridized carbons (Fsp3) is 0.429. The van der Waals surface area contributed by atoms with E-state index in [9.17, 15) is 13.2 Å². The molecule has 1 fully saturated rings. The van der Waals surface area contributed by atoms with Crippen LogP contribution >= 0.6 is 0 Å². The zero-order chi connectivity index (χ0) is 23.0.